The highest BCUT2D eigenvalue weighted by molar-refractivity contribution is 9.10. The summed E-state index contributed by atoms with van der Waals surface area (Å²) in [4.78, 5) is 13.1. The molecule has 1 aromatic rings. The van der Waals surface area contributed by atoms with Crippen LogP contribution in [0.2, 0.25) is 0 Å². The molecule has 0 aliphatic carbocycles. The number of carbonyl (C=O) groups is 1. The smallest absolute Gasteiger partial charge is 0.265 e. The zero-order chi connectivity index (χ0) is 14.2. The van der Waals surface area contributed by atoms with Gasteiger partial charge in [-0.1, -0.05) is 15.9 Å². The number of hydrogen-bond donors (Lipinski definition) is 0. The van der Waals surface area contributed by atoms with Gasteiger partial charge in [0.25, 0.3) is 15.0 Å². The van der Waals surface area contributed by atoms with Crippen LogP contribution in [0.4, 0.5) is 0 Å². The molecule has 0 spiro atoms. The fourth-order valence-corrected chi connectivity index (χ4v) is 3.32. The summed E-state index contributed by atoms with van der Waals surface area (Å²) in [6.07, 6.45) is -0.143. The third kappa shape index (κ3) is 3.21. The average Bonchev–Trinajstić information content (AvgIpc) is 2.62. The Balaban J connectivity index is 2.33. The molecular weight excluding hydrogens is 358 g/mol. The minimum absolute atomic E-state index is 0.0897. The SMILES string of the molecule is CN1CCC(Oc2ccc(Br)cc2S(=O)(=O)Cl)C1=O. The summed E-state index contributed by atoms with van der Waals surface area (Å²) in [5.41, 5.74) is 0. The van der Waals surface area contributed by atoms with Crippen molar-refractivity contribution in [2.45, 2.75) is 17.4 Å². The van der Waals surface area contributed by atoms with Crippen molar-refractivity contribution in [2.24, 2.45) is 0 Å². The van der Waals surface area contributed by atoms with E-state index in [1.54, 1.807) is 18.0 Å². The van der Waals surface area contributed by atoms with E-state index in [-0.39, 0.29) is 16.6 Å². The number of ether oxygens (including phenoxy) is 1. The van der Waals surface area contributed by atoms with E-state index in [9.17, 15) is 13.2 Å². The van der Waals surface area contributed by atoms with Crippen LogP contribution in [0.3, 0.4) is 0 Å². The predicted molar refractivity (Wildman–Crippen MR) is 73.9 cm³/mol. The van der Waals surface area contributed by atoms with Crippen LogP contribution in [-0.2, 0) is 13.8 Å². The van der Waals surface area contributed by atoms with E-state index >= 15 is 0 Å². The normalized spacial score (nSPS) is 19.8. The van der Waals surface area contributed by atoms with Crippen molar-refractivity contribution >= 4 is 41.6 Å². The van der Waals surface area contributed by atoms with E-state index in [1.165, 1.54) is 12.1 Å². The summed E-state index contributed by atoms with van der Waals surface area (Å²) >= 11 is 3.17. The fourth-order valence-electron chi connectivity index (χ4n) is 1.82. The third-order valence-corrected chi connectivity index (χ3v) is 4.65. The minimum Gasteiger partial charge on any atom is -0.479 e. The Bertz CT molecular complexity index is 619. The monoisotopic (exact) mass is 367 g/mol. The Hall–Kier alpha value is -0.790. The van der Waals surface area contributed by atoms with Crippen molar-refractivity contribution in [3.8, 4) is 5.75 Å². The van der Waals surface area contributed by atoms with Crippen LogP contribution < -0.4 is 4.74 Å². The van der Waals surface area contributed by atoms with Gasteiger partial charge in [0, 0.05) is 35.2 Å². The van der Waals surface area contributed by atoms with Crippen molar-refractivity contribution < 1.29 is 17.9 Å². The molecule has 0 bridgehead atoms. The number of likely N-dealkylation sites (N-methyl/N-ethyl adjacent to an activating group) is 1. The quantitative estimate of drug-likeness (QED) is 0.765. The van der Waals surface area contributed by atoms with E-state index in [2.05, 4.69) is 15.9 Å². The van der Waals surface area contributed by atoms with Gasteiger partial charge in [-0.2, -0.15) is 0 Å². The second-order valence-corrected chi connectivity index (χ2v) is 7.63. The Morgan fingerprint density at radius 3 is 2.68 bits per heavy atom. The molecule has 0 radical (unpaired) electrons. The maximum Gasteiger partial charge on any atom is 0.265 e. The molecule has 8 heteroatoms. The molecule has 1 unspecified atom stereocenters. The first-order valence-electron chi connectivity index (χ1n) is 5.45. The number of halogens is 2. The molecule has 0 aromatic heterocycles. The highest BCUT2D eigenvalue weighted by atomic mass is 79.9. The van der Waals surface area contributed by atoms with Crippen LogP contribution in [0.25, 0.3) is 0 Å². The van der Waals surface area contributed by atoms with Gasteiger partial charge < -0.3 is 9.64 Å². The first kappa shape index (κ1) is 14.6. The van der Waals surface area contributed by atoms with Crippen molar-refractivity contribution in [2.75, 3.05) is 13.6 Å². The van der Waals surface area contributed by atoms with Gasteiger partial charge in [-0.15, -0.1) is 0 Å². The molecular formula is C11H11BrClNO4S. The molecule has 1 aliphatic rings. The van der Waals surface area contributed by atoms with Crippen molar-refractivity contribution in [3.63, 3.8) is 0 Å². The lowest BCUT2D eigenvalue weighted by molar-refractivity contribution is -0.132. The Morgan fingerprint density at radius 1 is 1.47 bits per heavy atom. The van der Waals surface area contributed by atoms with E-state index < -0.39 is 15.2 Å². The lowest BCUT2D eigenvalue weighted by atomic mass is 10.3. The standard InChI is InChI=1S/C11H11BrClNO4S/c1-14-5-4-9(11(14)15)18-8-3-2-7(12)6-10(8)19(13,16)17/h2-3,6,9H,4-5H2,1H3. The molecule has 1 fully saturated rings. The molecule has 104 valence electrons. The summed E-state index contributed by atoms with van der Waals surface area (Å²) in [7, 11) is 3.10. The Kier molecular flexibility index (Phi) is 4.08. The molecule has 1 saturated heterocycles. The van der Waals surface area contributed by atoms with E-state index in [1.807, 2.05) is 0 Å². The molecule has 5 nitrogen and oxygen atoms in total. The van der Waals surface area contributed by atoms with Crippen molar-refractivity contribution in [3.05, 3.63) is 22.7 Å². The number of nitrogens with zero attached hydrogens (tertiary/aromatic N) is 1. The number of hydrogen-bond acceptors (Lipinski definition) is 4. The van der Waals surface area contributed by atoms with Gasteiger partial charge >= 0.3 is 0 Å². The summed E-state index contributed by atoms with van der Waals surface area (Å²) < 4.78 is 29.0. The number of amides is 1. The molecule has 0 saturated carbocycles. The van der Waals surface area contributed by atoms with Crippen LogP contribution in [0.15, 0.2) is 27.6 Å². The van der Waals surface area contributed by atoms with Crippen LogP contribution in [0.5, 0.6) is 5.75 Å². The molecule has 19 heavy (non-hydrogen) atoms. The van der Waals surface area contributed by atoms with Crippen LogP contribution in [-0.4, -0.2) is 38.9 Å². The number of likely N-dealkylation sites (tertiary alicyclic amines) is 1. The van der Waals surface area contributed by atoms with Crippen LogP contribution in [0, 0.1) is 0 Å². The molecule has 1 aliphatic heterocycles. The molecule has 2 rings (SSSR count). The Morgan fingerprint density at radius 2 is 2.16 bits per heavy atom. The largest absolute Gasteiger partial charge is 0.479 e. The van der Waals surface area contributed by atoms with Gasteiger partial charge in [-0.25, -0.2) is 8.42 Å². The first-order valence-corrected chi connectivity index (χ1v) is 8.55. The summed E-state index contributed by atoms with van der Waals surface area (Å²) in [6.45, 7) is 0.586. The highest BCUT2D eigenvalue weighted by Crippen LogP contribution is 2.31. The third-order valence-electron chi connectivity index (χ3n) is 2.82. The summed E-state index contributed by atoms with van der Waals surface area (Å²) in [5.74, 6) is -0.0762. The molecule has 1 atom stereocenters. The van der Waals surface area contributed by atoms with Gasteiger partial charge in [-0.05, 0) is 18.2 Å². The maximum absolute atomic E-state index is 11.7. The number of benzene rings is 1. The van der Waals surface area contributed by atoms with Crippen molar-refractivity contribution in [1.29, 1.82) is 0 Å². The number of carbonyl (C=O) groups excluding carboxylic acids is 1. The summed E-state index contributed by atoms with van der Waals surface area (Å²) in [6, 6.07) is 4.45. The van der Waals surface area contributed by atoms with Gasteiger partial charge in [0.05, 0.1) is 0 Å². The lowest BCUT2D eigenvalue weighted by Gasteiger charge is -2.15. The van der Waals surface area contributed by atoms with Gasteiger partial charge in [0.2, 0.25) is 0 Å². The van der Waals surface area contributed by atoms with E-state index in [0.29, 0.717) is 17.4 Å². The number of rotatable bonds is 3. The maximum atomic E-state index is 11.7. The first-order chi connectivity index (χ1) is 8.79. The van der Waals surface area contributed by atoms with Crippen LogP contribution >= 0.6 is 26.6 Å². The average molecular weight is 369 g/mol. The van der Waals surface area contributed by atoms with E-state index in [0.717, 1.165) is 0 Å². The minimum atomic E-state index is -3.94. The molecule has 1 heterocycles. The van der Waals surface area contributed by atoms with E-state index in [4.69, 9.17) is 15.4 Å². The molecule has 1 aromatic carbocycles. The topological polar surface area (TPSA) is 63.7 Å². The predicted octanol–water partition coefficient (Wildman–Crippen LogP) is 1.99. The molecule has 1 amide bonds. The zero-order valence-corrected chi connectivity index (χ0v) is 13.1. The van der Waals surface area contributed by atoms with Gasteiger partial charge in [0.15, 0.2) is 6.10 Å². The molecule has 0 N–H and O–H groups in total. The van der Waals surface area contributed by atoms with Gasteiger partial charge in [-0.3, -0.25) is 4.79 Å². The summed E-state index contributed by atoms with van der Waals surface area (Å²) in [5, 5.41) is 0. The highest BCUT2D eigenvalue weighted by Gasteiger charge is 2.32. The van der Waals surface area contributed by atoms with Gasteiger partial charge in [0.1, 0.15) is 10.6 Å². The second-order valence-electron chi connectivity index (χ2n) is 4.18. The fraction of sp³-hybridized carbons (Fsp3) is 0.364. The Labute approximate surface area is 124 Å². The lowest BCUT2D eigenvalue weighted by Crippen LogP contribution is -2.29. The second kappa shape index (κ2) is 5.30. The van der Waals surface area contributed by atoms with Crippen LogP contribution in [0.1, 0.15) is 6.42 Å². The zero-order valence-electron chi connectivity index (χ0n) is 9.97. The van der Waals surface area contributed by atoms with Crippen molar-refractivity contribution in [1.82, 2.24) is 4.90 Å².